The van der Waals surface area contributed by atoms with Gasteiger partial charge in [-0.15, -0.1) is 0 Å². The van der Waals surface area contributed by atoms with Crippen LogP contribution in [-0.2, 0) is 4.74 Å². The molecule has 0 spiro atoms. The number of hydrogen-bond donors (Lipinski definition) is 2. The molecule has 76 valence electrons. The monoisotopic (exact) mass is 184 g/mol. The van der Waals surface area contributed by atoms with Crippen molar-refractivity contribution in [2.75, 3.05) is 0 Å². The Balaban J connectivity index is 1.86. The highest BCUT2D eigenvalue weighted by Crippen LogP contribution is 2.36. The van der Waals surface area contributed by atoms with Crippen molar-refractivity contribution in [2.45, 2.75) is 56.9 Å². The summed E-state index contributed by atoms with van der Waals surface area (Å²) >= 11 is 0. The molecule has 2 aliphatic rings. The first-order chi connectivity index (χ1) is 6.18. The predicted octanol–water partition coefficient (Wildman–Crippen LogP) is 0.619. The van der Waals surface area contributed by atoms with Gasteiger partial charge in [-0.1, -0.05) is 0 Å². The lowest BCUT2D eigenvalue weighted by Crippen LogP contribution is -2.49. The fourth-order valence-corrected chi connectivity index (χ4v) is 2.10. The van der Waals surface area contributed by atoms with Gasteiger partial charge in [-0.3, -0.25) is 0 Å². The van der Waals surface area contributed by atoms with Gasteiger partial charge in [-0.05, 0) is 38.5 Å². The van der Waals surface area contributed by atoms with E-state index in [9.17, 15) is 0 Å². The van der Waals surface area contributed by atoms with E-state index >= 15 is 0 Å². The zero-order chi connectivity index (χ0) is 9.42. The zero-order valence-corrected chi connectivity index (χ0v) is 8.28. The normalized spacial score (nSPS) is 43.2. The van der Waals surface area contributed by atoms with Gasteiger partial charge in [0.2, 0.25) is 0 Å². The first kappa shape index (κ1) is 9.44. The summed E-state index contributed by atoms with van der Waals surface area (Å²) in [5, 5.41) is 0. The molecule has 1 saturated carbocycles. The molecule has 2 rings (SSSR count). The quantitative estimate of drug-likeness (QED) is 0.661. The van der Waals surface area contributed by atoms with Crippen LogP contribution in [0.2, 0.25) is 0 Å². The number of ether oxygens (including phenoxy) is 1. The Morgan fingerprint density at radius 2 is 1.92 bits per heavy atom. The molecule has 1 aliphatic heterocycles. The van der Waals surface area contributed by atoms with Gasteiger partial charge in [0.15, 0.2) is 0 Å². The summed E-state index contributed by atoms with van der Waals surface area (Å²) < 4.78 is 5.81. The summed E-state index contributed by atoms with van der Waals surface area (Å²) in [5.41, 5.74) is 12.0. The fraction of sp³-hybridized carbons (Fsp3) is 1.00. The summed E-state index contributed by atoms with van der Waals surface area (Å²) in [6.45, 7) is 2.05. The highest BCUT2D eigenvalue weighted by Gasteiger charge is 2.37. The van der Waals surface area contributed by atoms with Crippen molar-refractivity contribution in [1.29, 1.82) is 0 Å². The van der Waals surface area contributed by atoms with Crippen LogP contribution in [0.25, 0.3) is 0 Å². The van der Waals surface area contributed by atoms with Gasteiger partial charge in [-0.25, -0.2) is 0 Å². The van der Waals surface area contributed by atoms with Gasteiger partial charge in [0.25, 0.3) is 0 Å². The third-order valence-corrected chi connectivity index (χ3v) is 3.37. The average molecular weight is 184 g/mol. The molecule has 4 N–H and O–H groups in total. The minimum atomic E-state index is 0.184. The average Bonchev–Trinajstić information content (AvgIpc) is 2.91. The van der Waals surface area contributed by atoms with Crippen LogP contribution >= 0.6 is 0 Å². The molecule has 1 aliphatic carbocycles. The third-order valence-electron chi connectivity index (χ3n) is 3.37. The number of nitrogens with two attached hydrogens (primary N) is 2. The lowest BCUT2D eigenvalue weighted by molar-refractivity contribution is -0.0649. The lowest BCUT2D eigenvalue weighted by atomic mass is 9.94. The molecule has 1 heterocycles. The van der Waals surface area contributed by atoms with Crippen molar-refractivity contribution in [2.24, 2.45) is 17.4 Å². The Labute approximate surface area is 79.8 Å². The second kappa shape index (κ2) is 3.56. The van der Waals surface area contributed by atoms with E-state index in [1.54, 1.807) is 0 Å². The Kier molecular flexibility index (Phi) is 2.58. The van der Waals surface area contributed by atoms with E-state index < -0.39 is 0 Å². The second-order valence-electron chi connectivity index (χ2n) is 4.54. The molecule has 3 nitrogen and oxygen atoms in total. The Bertz CT molecular complexity index is 182. The molecule has 2 fully saturated rings. The summed E-state index contributed by atoms with van der Waals surface area (Å²) in [5.74, 6) is 0.728. The van der Waals surface area contributed by atoms with Crippen LogP contribution < -0.4 is 11.5 Å². The van der Waals surface area contributed by atoms with Crippen molar-refractivity contribution >= 4 is 0 Å². The zero-order valence-electron chi connectivity index (χ0n) is 8.28. The molecule has 0 amide bonds. The molecule has 3 heteroatoms. The highest BCUT2D eigenvalue weighted by molar-refractivity contribution is 4.92. The van der Waals surface area contributed by atoms with Crippen LogP contribution in [0, 0.1) is 5.92 Å². The van der Waals surface area contributed by atoms with Crippen molar-refractivity contribution < 1.29 is 4.74 Å². The smallest absolute Gasteiger partial charge is 0.0733 e. The first-order valence-corrected chi connectivity index (χ1v) is 5.35. The third kappa shape index (κ3) is 2.03. The van der Waals surface area contributed by atoms with Crippen LogP contribution in [0.15, 0.2) is 0 Å². The molecule has 0 aromatic carbocycles. The van der Waals surface area contributed by atoms with E-state index in [-0.39, 0.29) is 24.3 Å². The molecule has 0 bridgehead atoms. The maximum atomic E-state index is 6.10. The second-order valence-corrected chi connectivity index (χ2v) is 4.54. The van der Waals surface area contributed by atoms with Gasteiger partial charge >= 0.3 is 0 Å². The molecule has 0 radical (unpaired) electrons. The summed E-state index contributed by atoms with van der Waals surface area (Å²) in [6, 6.07) is 0.470. The molecule has 2 unspecified atom stereocenters. The van der Waals surface area contributed by atoms with Crippen LogP contribution in [0.4, 0.5) is 0 Å². The van der Waals surface area contributed by atoms with Crippen molar-refractivity contribution in [3.8, 4) is 0 Å². The first-order valence-electron chi connectivity index (χ1n) is 5.35. The summed E-state index contributed by atoms with van der Waals surface area (Å²) in [6.07, 6.45) is 5.14. The van der Waals surface area contributed by atoms with E-state index in [2.05, 4.69) is 6.92 Å². The van der Waals surface area contributed by atoms with E-state index in [0.29, 0.717) is 0 Å². The minimum absolute atomic E-state index is 0.184. The molecule has 4 atom stereocenters. The molecule has 13 heavy (non-hydrogen) atoms. The van der Waals surface area contributed by atoms with Crippen LogP contribution in [0.5, 0.6) is 0 Å². The maximum Gasteiger partial charge on any atom is 0.0733 e. The molecule has 0 aromatic rings. The summed E-state index contributed by atoms with van der Waals surface area (Å²) in [4.78, 5) is 0. The SMILES string of the molecule is C[C@H]1OC(C(N)C2CC2)CC[C@H]1N. The molecular weight excluding hydrogens is 164 g/mol. The maximum absolute atomic E-state index is 6.10. The van der Waals surface area contributed by atoms with Gasteiger partial charge in [0.1, 0.15) is 0 Å². The highest BCUT2D eigenvalue weighted by atomic mass is 16.5. The molecular formula is C10H20N2O. The van der Waals surface area contributed by atoms with Gasteiger partial charge in [-0.2, -0.15) is 0 Å². The van der Waals surface area contributed by atoms with E-state index in [1.807, 2.05) is 0 Å². The molecule has 1 saturated heterocycles. The van der Waals surface area contributed by atoms with Crippen molar-refractivity contribution in [1.82, 2.24) is 0 Å². The van der Waals surface area contributed by atoms with Crippen LogP contribution in [-0.4, -0.2) is 24.3 Å². The molecule has 0 aromatic heterocycles. The topological polar surface area (TPSA) is 61.3 Å². The van der Waals surface area contributed by atoms with Crippen molar-refractivity contribution in [3.63, 3.8) is 0 Å². The standard InChI is InChI=1S/C10H20N2O/c1-6-8(11)4-5-9(13-6)10(12)7-2-3-7/h6-10H,2-5,11-12H2,1H3/t6-,8-,9?,10?/m1/s1. The number of rotatable bonds is 2. The number of hydrogen-bond acceptors (Lipinski definition) is 3. The summed E-state index contributed by atoms with van der Waals surface area (Å²) in [7, 11) is 0. The largest absolute Gasteiger partial charge is 0.372 e. The van der Waals surface area contributed by atoms with E-state index in [4.69, 9.17) is 16.2 Å². The Hall–Kier alpha value is -0.120. The van der Waals surface area contributed by atoms with Gasteiger partial charge < -0.3 is 16.2 Å². The Morgan fingerprint density at radius 1 is 1.23 bits per heavy atom. The lowest BCUT2D eigenvalue weighted by Gasteiger charge is -2.35. The van der Waals surface area contributed by atoms with E-state index in [1.165, 1.54) is 12.8 Å². The minimum Gasteiger partial charge on any atom is -0.372 e. The van der Waals surface area contributed by atoms with Crippen molar-refractivity contribution in [3.05, 3.63) is 0 Å². The Morgan fingerprint density at radius 3 is 2.46 bits per heavy atom. The van der Waals surface area contributed by atoms with E-state index in [0.717, 1.165) is 18.8 Å². The van der Waals surface area contributed by atoms with Crippen LogP contribution in [0.3, 0.4) is 0 Å². The van der Waals surface area contributed by atoms with Gasteiger partial charge in [0, 0.05) is 12.1 Å². The fourth-order valence-electron chi connectivity index (χ4n) is 2.10. The van der Waals surface area contributed by atoms with Gasteiger partial charge in [0.05, 0.1) is 12.2 Å². The predicted molar refractivity (Wildman–Crippen MR) is 52.2 cm³/mol. The van der Waals surface area contributed by atoms with Crippen LogP contribution in [0.1, 0.15) is 32.6 Å².